The highest BCUT2D eigenvalue weighted by molar-refractivity contribution is 6.39. The van der Waals surface area contributed by atoms with Crippen LogP contribution in [-0.4, -0.2) is 198 Å². The quantitative estimate of drug-likeness (QED) is 0.0504. The SMILES string of the molecule is CCNc1nc(Nc2cc(F)c(C(=O)N3CCN(C(=O)CCC[C@@H]4/C=C(\C)C[C@H](C)C[C@H](OC)[C@H]5O[C@@](O)(C(=O)C(=O)N6CCCC[C@H]6C(=O)O[C@H](/C(C)=C/[C@@H]6CC[C@@H](O)[C@H](OC)C6)[C@H](C)[C@@H](O)CC4=O)[C@H](C)C[C@@H]5OC)CC3)cc2OC)ncc1C(F)(F)F. The molecule has 7 rings (SSSR count). The molecule has 0 unspecified atom stereocenters. The van der Waals surface area contributed by atoms with Crippen LogP contribution in [0.25, 0.3) is 0 Å². The number of alkyl halides is 3. The number of aliphatic hydroxyl groups is 3. The number of anilines is 3. The summed E-state index contributed by atoms with van der Waals surface area (Å²) in [7, 11) is 5.75. The Morgan fingerprint density at radius 1 is 0.878 bits per heavy atom. The van der Waals surface area contributed by atoms with E-state index in [-0.39, 0.29) is 124 Å². The molecule has 1 saturated carbocycles. The zero-order valence-corrected chi connectivity index (χ0v) is 53.3. The first kappa shape index (κ1) is 71.3. The summed E-state index contributed by atoms with van der Waals surface area (Å²) in [6, 6.07) is 0.869. The highest BCUT2D eigenvalue weighted by Crippen LogP contribution is 2.41. The summed E-state index contributed by atoms with van der Waals surface area (Å²) in [5.74, 6) is -11.7. The largest absolute Gasteiger partial charge is 0.495 e. The lowest BCUT2D eigenvalue weighted by atomic mass is 9.81. The van der Waals surface area contributed by atoms with E-state index < -0.39 is 119 Å². The number of piperazine rings is 1. The maximum Gasteiger partial charge on any atom is 0.421 e. The molecule has 0 radical (unpaired) electrons. The van der Waals surface area contributed by atoms with Crippen LogP contribution in [0.4, 0.5) is 35.0 Å². The first-order valence-electron chi connectivity index (χ1n) is 31.3. The van der Waals surface area contributed by atoms with Crippen LogP contribution in [0.5, 0.6) is 5.75 Å². The topological polar surface area (TPSA) is 278 Å². The molecule has 5 N–H and O–H groups in total. The number of aliphatic hydroxyl groups excluding tert-OH is 2. The average Bonchev–Trinajstić information content (AvgIpc) is 0.791. The lowest BCUT2D eigenvalue weighted by Gasteiger charge is -2.47. The van der Waals surface area contributed by atoms with Gasteiger partial charge in [0.2, 0.25) is 17.6 Å². The zero-order chi connectivity index (χ0) is 65.9. The number of hydrogen-bond donors (Lipinski definition) is 5. The van der Waals surface area contributed by atoms with E-state index in [0.29, 0.717) is 56.7 Å². The number of benzene rings is 1. The number of amides is 3. The molecule has 1 aliphatic carbocycles. The highest BCUT2D eigenvalue weighted by Gasteiger charge is 2.57. The third-order valence-corrected chi connectivity index (χ3v) is 18.5. The first-order valence-corrected chi connectivity index (χ1v) is 31.3. The number of Topliss-reactive ketones (excluding diaryl/α,β-unsaturated/α-hetero) is 2. The Balaban J connectivity index is 1.09. The fourth-order valence-corrected chi connectivity index (χ4v) is 13.3. The number of carbonyl (C=O) groups excluding carboxylic acids is 6. The van der Waals surface area contributed by atoms with Crippen LogP contribution in [0.2, 0.25) is 0 Å². The van der Waals surface area contributed by atoms with Crippen molar-refractivity contribution in [1.82, 2.24) is 24.7 Å². The second kappa shape index (κ2) is 31.4. The van der Waals surface area contributed by atoms with Crippen LogP contribution in [0, 0.1) is 35.4 Å². The Bertz CT molecular complexity index is 2930. The van der Waals surface area contributed by atoms with Crippen LogP contribution in [0.15, 0.2) is 41.6 Å². The summed E-state index contributed by atoms with van der Waals surface area (Å²) < 4.78 is 92.2. The van der Waals surface area contributed by atoms with Gasteiger partial charge in [-0.2, -0.15) is 18.2 Å². The molecule has 5 heterocycles. The lowest BCUT2D eigenvalue weighted by Crippen LogP contribution is -2.64. The number of rotatable bonds is 15. The maximum absolute atomic E-state index is 15.8. The fourth-order valence-electron chi connectivity index (χ4n) is 13.3. The third-order valence-electron chi connectivity index (χ3n) is 18.5. The van der Waals surface area contributed by atoms with Gasteiger partial charge in [0.1, 0.15) is 47.0 Å². The Kier molecular flexibility index (Phi) is 24.9. The van der Waals surface area contributed by atoms with E-state index in [1.165, 1.54) is 33.3 Å². The monoisotopic (exact) mass is 1270 g/mol. The summed E-state index contributed by atoms with van der Waals surface area (Å²) in [6.45, 7) is 10.9. The normalized spacial score (nSPS) is 31.4. The second-order valence-corrected chi connectivity index (χ2v) is 25.0. The zero-order valence-electron chi connectivity index (χ0n) is 53.3. The number of nitrogens with one attached hydrogen (secondary N) is 2. The van der Waals surface area contributed by atoms with Crippen LogP contribution in [0.1, 0.15) is 141 Å². The van der Waals surface area contributed by atoms with Crippen molar-refractivity contribution in [1.29, 1.82) is 0 Å². The number of carbonyl (C=O) groups is 6. The molecule has 1 aromatic heterocycles. The average molecular weight is 1270 g/mol. The van der Waals surface area contributed by atoms with Gasteiger partial charge in [0, 0.05) is 103 Å². The van der Waals surface area contributed by atoms with E-state index in [4.69, 9.17) is 28.4 Å². The molecule has 0 spiro atoms. The van der Waals surface area contributed by atoms with Gasteiger partial charge in [-0.3, -0.25) is 24.0 Å². The van der Waals surface area contributed by atoms with Crippen molar-refractivity contribution >= 4 is 52.7 Å². The number of ketones is 2. The molecule has 2 aromatic rings. The number of esters is 1. The van der Waals surface area contributed by atoms with Crippen LogP contribution >= 0.6 is 0 Å². The first-order chi connectivity index (χ1) is 42.7. The number of hydrogen-bond acceptors (Lipinski definition) is 19. The smallest absolute Gasteiger partial charge is 0.421 e. The molecule has 500 valence electrons. The Morgan fingerprint density at radius 3 is 2.21 bits per heavy atom. The van der Waals surface area contributed by atoms with Gasteiger partial charge in [0.15, 0.2) is 0 Å². The van der Waals surface area contributed by atoms with Crippen molar-refractivity contribution in [3.8, 4) is 5.75 Å². The summed E-state index contributed by atoms with van der Waals surface area (Å²) in [5, 5.41) is 40.3. The molecule has 4 fully saturated rings. The predicted octanol–water partition coefficient (Wildman–Crippen LogP) is 7.35. The third kappa shape index (κ3) is 17.1. The van der Waals surface area contributed by atoms with Gasteiger partial charge < -0.3 is 69.1 Å². The molecule has 1 aromatic carbocycles. The van der Waals surface area contributed by atoms with E-state index in [1.54, 1.807) is 32.6 Å². The van der Waals surface area contributed by atoms with Gasteiger partial charge in [-0.25, -0.2) is 14.2 Å². The molecule has 4 aliphatic heterocycles. The summed E-state index contributed by atoms with van der Waals surface area (Å²) in [4.78, 5) is 97.9. The molecule has 2 bridgehead atoms. The molecule has 14 atom stereocenters. The minimum Gasteiger partial charge on any atom is -0.495 e. The maximum atomic E-state index is 15.8. The predicted molar refractivity (Wildman–Crippen MR) is 322 cm³/mol. The molecule has 22 nitrogen and oxygen atoms in total. The number of allylic oxidation sites excluding steroid dienone is 3. The molecular weight excluding hydrogens is 1180 g/mol. The Morgan fingerprint density at radius 2 is 1.56 bits per heavy atom. The summed E-state index contributed by atoms with van der Waals surface area (Å²) in [6.07, 6.45) is -2.78. The van der Waals surface area contributed by atoms with Gasteiger partial charge in [-0.1, -0.05) is 38.5 Å². The molecule has 26 heteroatoms. The number of cyclic esters (lactones) is 1. The minimum atomic E-state index is -4.74. The lowest BCUT2D eigenvalue weighted by molar-refractivity contribution is -0.302. The van der Waals surface area contributed by atoms with Crippen LogP contribution < -0.4 is 15.4 Å². The molecular formula is C64H91F4N7O15. The van der Waals surface area contributed by atoms with Crippen molar-refractivity contribution in [3.05, 3.63) is 58.6 Å². The summed E-state index contributed by atoms with van der Waals surface area (Å²) >= 11 is 0. The summed E-state index contributed by atoms with van der Waals surface area (Å²) in [5.41, 5.74) is -0.117. The van der Waals surface area contributed by atoms with E-state index in [1.807, 2.05) is 26.0 Å². The molecule has 3 amide bonds. The van der Waals surface area contributed by atoms with Crippen LogP contribution in [0.3, 0.4) is 0 Å². The molecule has 90 heavy (non-hydrogen) atoms. The number of methoxy groups -OCH3 is 4. The number of nitrogens with zero attached hydrogens (tertiary/aromatic N) is 5. The Labute approximate surface area is 523 Å². The van der Waals surface area contributed by atoms with Crippen molar-refractivity contribution in [3.63, 3.8) is 0 Å². The van der Waals surface area contributed by atoms with Gasteiger partial charge in [0.05, 0.1) is 48.9 Å². The number of ether oxygens (including phenoxy) is 6. The fraction of sp³-hybridized carbons (Fsp3) is 0.688. The Hall–Kier alpha value is -6.16. The van der Waals surface area contributed by atoms with Crippen molar-refractivity contribution in [2.24, 2.45) is 29.6 Å². The molecule has 5 aliphatic rings. The van der Waals surface area contributed by atoms with E-state index in [2.05, 4.69) is 20.6 Å². The van der Waals surface area contributed by atoms with Crippen LogP contribution in [-0.2, 0) is 53.8 Å². The van der Waals surface area contributed by atoms with Gasteiger partial charge in [-0.15, -0.1) is 0 Å². The van der Waals surface area contributed by atoms with E-state index >= 15 is 4.39 Å². The van der Waals surface area contributed by atoms with Crippen molar-refractivity contribution < 1.29 is 90.1 Å². The van der Waals surface area contributed by atoms with Gasteiger partial charge >= 0.3 is 12.1 Å². The van der Waals surface area contributed by atoms with Gasteiger partial charge in [-0.05, 0) is 115 Å². The van der Waals surface area contributed by atoms with Crippen molar-refractivity contribution in [2.45, 2.75) is 186 Å². The molecule has 3 saturated heterocycles. The van der Waals surface area contributed by atoms with E-state index in [0.717, 1.165) is 22.6 Å². The van der Waals surface area contributed by atoms with Crippen molar-refractivity contribution in [2.75, 3.05) is 78.3 Å². The number of piperidine rings is 1. The second-order valence-electron chi connectivity index (χ2n) is 25.0. The minimum absolute atomic E-state index is 0.0100. The standard InChI is InChI=1S/C64H91F4N7O15/c1-11-69-58-43(64(66,67)68)34-70-62(72-58)71-45-32-44(65)42(31-50(45)85-7)59(81)74-23-21-73(22-24-74)54(79)17-14-15-41-26-35(2)25-36(3)27-52(87-9)56-53(88-10)29-38(5)63(84,90-56)57(80)60(82)75-20-13-12-16-46(75)61(83)89-55(39(6)48(77)33-49(41)78)37(4)28-40-18-19-47(76)51(30-40)86-8/h26,28,31-32,34,36,38-41,46-48,51-53,55-56,76-77,84H,11-25,27,29-30,33H2,1-10H3,(H2,69,70,71,72)/b35-26+,37-28+/t36-,38+,39+,40-,41+,46-,47+,48-,51+,52-,53-,55+,56+,63+/m0/s1. The number of fused-ring (bicyclic) bond motifs is 3. The number of aromatic nitrogens is 2. The number of halogens is 4. The van der Waals surface area contributed by atoms with Gasteiger partial charge in [0.25, 0.3) is 17.6 Å². The van der Waals surface area contributed by atoms with E-state index in [9.17, 15) is 57.3 Å². The highest BCUT2D eigenvalue weighted by atomic mass is 19.4.